The van der Waals surface area contributed by atoms with Crippen LogP contribution < -0.4 is 10.6 Å². The Morgan fingerprint density at radius 3 is 2.90 bits per heavy atom. The van der Waals surface area contributed by atoms with E-state index in [0.717, 1.165) is 12.1 Å². The molecule has 1 amide bonds. The average molecular weight is 270 g/mol. The summed E-state index contributed by atoms with van der Waals surface area (Å²) in [6, 6.07) is 11.7. The van der Waals surface area contributed by atoms with E-state index in [1.165, 1.54) is 17.7 Å². The molecule has 0 fully saturated rings. The molecule has 1 aliphatic heterocycles. The van der Waals surface area contributed by atoms with Gasteiger partial charge in [-0.05, 0) is 42.3 Å². The molecule has 4 heteroatoms. The minimum Gasteiger partial charge on any atom is -0.370 e. The molecule has 0 aromatic heterocycles. The molecule has 2 N–H and O–H groups in total. The summed E-state index contributed by atoms with van der Waals surface area (Å²) in [7, 11) is 0. The van der Waals surface area contributed by atoms with Crippen molar-refractivity contribution in [3.63, 3.8) is 0 Å². The zero-order chi connectivity index (χ0) is 14.1. The van der Waals surface area contributed by atoms with Crippen molar-refractivity contribution in [2.45, 2.75) is 19.4 Å². The summed E-state index contributed by atoms with van der Waals surface area (Å²) in [4.78, 5) is 12.0. The quantitative estimate of drug-likeness (QED) is 0.896. The van der Waals surface area contributed by atoms with Crippen LogP contribution in [0.15, 0.2) is 42.5 Å². The molecule has 0 bridgehead atoms. The van der Waals surface area contributed by atoms with Crippen LogP contribution in [0.3, 0.4) is 0 Å². The maximum atomic E-state index is 13.4. The van der Waals surface area contributed by atoms with E-state index in [-0.39, 0.29) is 11.7 Å². The van der Waals surface area contributed by atoms with E-state index in [1.807, 2.05) is 24.3 Å². The Morgan fingerprint density at radius 1 is 1.25 bits per heavy atom. The monoisotopic (exact) mass is 270 g/mol. The lowest BCUT2D eigenvalue weighted by molar-refractivity contribution is -0.116. The number of halogens is 1. The Hall–Kier alpha value is -2.36. The van der Waals surface area contributed by atoms with E-state index >= 15 is 0 Å². The first kappa shape index (κ1) is 12.7. The number of rotatable bonds is 3. The Morgan fingerprint density at radius 2 is 2.10 bits per heavy atom. The van der Waals surface area contributed by atoms with Gasteiger partial charge in [0.15, 0.2) is 0 Å². The van der Waals surface area contributed by atoms with Gasteiger partial charge in [0.05, 0.1) is 0 Å². The molecule has 0 radical (unpaired) electrons. The van der Waals surface area contributed by atoms with Gasteiger partial charge < -0.3 is 10.6 Å². The second kappa shape index (κ2) is 4.96. The van der Waals surface area contributed by atoms with Gasteiger partial charge in [-0.25, -0.2) is 4.39 Å². The van der Waals surface area contributed by atoms with Gasteiger partial charge in [-0.2, -0.15) is 0 Å². The zero-order valence-corrected chi connectivity index (χ0v) is 11.1. The highest BCUT2D eigenvalue weighted by Crippen LogP contribution is 2.33. The number of nitrogens with one attached hydrogen (secondary N) is 2. The van der Waals surface area contributed by atoms with E-state index in [0.29, 0.717) is 11.3 Å². The Kier molecular flexibility index (Phi) is 3.14. The van der Waals surface area contributed by atoms with Gasteiger partial charge in [0.25, 0.3) is 5.91 Å². The van der Waals surface area contributed by atoms with Gasteiger partial charge >= 0.3 is 0 Å². The SMILES string of the molecule is CCc1cccc(NC2C(=O)Nc3ccc(F)cc32)c1. The van der Waals surface area contributed by atoms with Crippen molar-refractivity contribution in [1.82, 2.24) is 0 Å². The summed E-state index contributed by atoms with van der Waals surface area (Å²) in [5, 5.41) is 5.93. The standard InChI is InChI=1S/C16H15FN2O/c1-2-10-4-3-5-12(8-10)18-15-13-9-11(17)6-7-14(13)19-16(15)20/h3-9,15,18H,2H2,1H3,(H,19,20). The Balaban J connectivity index is 1.91. The number of carbonyl (C=O) groups excluding carboxylic acids is 1. The first-order valence-corrected chi connectivity index (χ1v) is 6.63. The third kappa shape index (κ3) is 2.25. The first-order chi connectivity index (χ1) is 9.67. The highest BCUT2D eigenvalue weighted by Gasteiger charge is 2.30. The molecular weight excluding hydrogens is 255 g/mol. The molecule has 2 aromatic rings. The summed E-state index contributed by atoms with van der Waals surface area (Å²) in [6.45, 7) is 2.08. The van der Waals surface area contributed by atoms with E-state index in [1.54, 1.807) is 6.07 Å². The number of carbonyl (C=O) groups is 1. The summed E-state index contributed by atoms with van der Waals surface area (Å²) in [5.41, 5.74) is 3.37. The van der Waals surface area contributed by atoms with Gasteiger partial charge in [0, 0.05) is 16.9 Å². The van der Waals surface area contributed by atoms with E-state index in [2.05, 4.69) is 17.6 Å². The van der Waals surface area contributed by atoms with E-state index in [4.69, 9.17) is 0 Å². The number of anilines is 2. The van der Waals surface area contributed by atoms with Crippen molar-refractivity contribution in [2.75, 3.05) is 10.6 Å². The lowest BCUT2D eigenvalue weighted by Crippen LogP contribution is -2.19. The second-order valence-corrected chi connectivity index (χ2v) is 4.85. The first-order valence-electron chi connectivity index (χ1n) is 6.63. The Labute approximate surface area is 116 Å². The van der Waals surface area contributed by atoms with Gasteiger partial charge in [-0.1, -0.05) is 19.1 Å². The molecule has 2 aromatic carbocycles. The van der Waals surface area contributed by atoms with Crippen LogP contribution >= 0.6 is 0 Å². The molecule has 0 spiro atoms. The molecule has 3 nitrogen and oxygen atoms in total. The van der Waals surface area contributed by atoms with Crippen LogP contribution in [0.4, 0.5) is 15.8 Å². The fourth-order valence-electron chi connectivity index (χ4n) is 2.42. The van der Waals surface area contributed by atoms with Crippen LogP contribution in [0.2, 0.25) is 0 Å². The highest BCUT2D eigenvalue weighted by atomic mass is 19.1. The van der Waals surface area contributed by atoms with E-state index in [9.17, 15) is 9.18 Å². The lowest BCUT2D eigenvalue weighted by Gasteiger charge is -2.13. The minimum atomic E-state index is -0.548. The maximum Gasteiger partial charge on any atom is 0.251 e. The van der Waals surface area contributed by atoms with Crippen LogP contribution in [0, 0.1) is 5.82 Å². The smallest absolute Gasteiger partial charge is 0.251 e. The van der Waals surface area contributed by atoms with Crippen molar-refractivity contribution in [3.05, 3.63) is 59.4 Å². The molecule has 0 saturated carbocycles. The number of benzene rings is 2. The molecule has 1 unspecified atom stereocenters. The third-order valence-corrected chi connectivity index (χ3v) is 3.49. The highest BCUT2D eigenvalue weighted by molar-refractivity contribution is 6.04. The fourth-order valence-corrected chi connectivity index (χ4v) is 2.42. The summed E-state index contributed by atoms with van der Waals surface area (Å²) < 4.78 is 13.4. The van der Waals surface area contributed by atoms with Crippen LogP contribution in [0.5, 0.6) is 0 Å². The van der Waals surface area contributed by atoms with Crippen molar-refractivity contribution in [1.29, 1.82) is 0 Å². The van der Waals surface area contributed by atoms with Crippen LogP contribution in [0.25, 0.3) is 0 Å². The summed E-state index contributed by atoms with van der Waals surface area (Å²) >= 11 is 0. The van der Waals surface area contributed by atoms with Gasteiger partial charge in [0.2, 0.25) is 0 Å². The summed E-state index contributed by atoms with van der Waals surface area (Å²) in [6.07, 6.45) is 0.928. The zero-order valence-electron chi connectivity index (χ0n) is 11.1. The van der Waals surface area contributed by atoms with Gasteiger partial charge in [0.1, 0.15) is 11.9 Å². The average Bonchev–Trinajstić information content (AvgIpc) is 2.75. The lowest BCUT2D eigenvalue weighted by atomic mass is 10.1. The van der Waals surface area contributed by atoms with Crippen molar-refractivity contribution in [2.24, 2.45) is 0 Å². The number of fused-ring (bicyclic) bond motifs is 1. The number of aryl methyl sites for hydroxylation is 1. The number of hydrogen-bond acceptors (Lipinski definition) is 2. The van der Waals surface area contributed by atoms with Crippen LogP contribution in [-0.4, -0.2) is 5.91 Å². The second-order valence-electron chi connectivity index (χ2n) is 4.85. The van der Waals surface area contributed by atoms with Gasteiger partial charge in [-0.15, -0.1) is 0 Å². The largest absolute Gasteiger partial charge is 0.370 e. The number of hydrogen-bond donors (Lipinski definition) is 2. The molecule has 0 saturated heterocycles. The molecule has 20 heavy (non-hydrogen) atoms. The summed E-state index contributed by atoms with van der Waals surface area (Å²) in [5.74, 6) is -0.498. The minimum absolute atomic E-state index is 0.160. The molecular formula is C16H15FN2O. The van der Waals surface area contributed by atoms with Gasteiger partial charge in [-0.3, -0.25) is 4.79 Å². The fraction of sp³-hybridized carbons (Fsp3) is 0.188. The Bertz CT molecular complexity index is 669. The third-order valence-electron chi connectivity index (χ3n) is 3.49. The molecule has 3 rings (SSSR count). The van der Waals surface area contributed by atoms with Crippen molar-refractivity contribution < 1.29 is 9.18 Å². The van der Waals surface area contributed by atoms with Crippen LogP contribution in [-0.2, 0) is 11.2 Å². The normalized spacial score (nSPS) is 16.7. The number of amides is 1. The van der Waals surface area contributed by atoms with Crippen molar-refractivity contribution >= 4 is 17.3 Å². The van der Waals surface area contributed by atoms with Crippen molar-refractivity contribution in [3.8, 4) is 0 Å². The maximum absolute atomic E-state index is 13.4. The topological polar surface area (TPSA) is 41.1 Å². The molecule has 1 aliphatic rings. The molecule has 1 atom stereocenters. The molecule has 1 heterocycles. The van der Waals surface area contributed by atoms with Crippen LogP contribution in [0.1, 0.15) is 24.1 Å². The predicted octanol–water partition coefficient (Wildman–Crippen LogP) is 3.49. The molecule has 102 valence electrons. The predicted molar refractivity (Wildman–Crippen MR) is 77.2 cm³/mol. The van der Waals surface area contributed by atoms with E-state index < -0.39 is 6.04 Å². The molecule has 0 aliphatic carbocycles.